The number of ketones is 2. The van der Waals surface area contributed by atoms with Crippen molar-refractivity contribution in [2.45, 2.75) is 31.5 Å². The molecular formula is C9H10O8. The highest BCUT2D eigenvalue weighted by Crippen LogP contribution is 2.25. The van der Waals surface area contributed by atoms with Crippen LogP contribution < -0.4 is 0 Å². The fourth-order valence-electron chi connectivity index (χ4n) is 1.18. The summed E-state index contributed by atoms with van der Waals surface area (Å²) < 4.78 is 0. The van der Waals surface area contributed by atoms with Crippen molar-refractivity contribution in [3.63, 3.8) is 0 Å². The van der Waals surface area contributed by atoms with E-state index < -0.39 is 48.1 Å². The number of Topliss-reactive ketones (excluding diaryl/α,β-unsaturated/α-hetero) is 2. The Morgan fingerprint density at radius 1 is 1.35 bits per heavy atom. The molecule has 1 rings (SSSR count). The van der Waals surface area contributed by atoms with E-state index in [0.717, 1.165) is 6.92 Å². The summed E-state index contributed by atoms with van der Waals surface area (Å²) in [6.07, 6.45) is -2.81. The molecule has 0 amide bonds. The van der Waals surface area contributed by atoms with Crippen LogP contribution in [0.2, 0.25) is 0 Å². The van der Waals surface area contributed by atoms with E-state index in [2.05, 4.69) is 9.78 Å². The Hall–Kier alpha value is -1.80. The first-order chi connectivity index (χ1) is 7.77. The molecule has 0 aromatic carbocycles. The molecule has 1 saturated carbocycles. The molecule has 1 fully saturated rings. The lowest BCUT2D eigenvalue weighted by Gasteiger charge is -2.15. The van der Waals surface area contributed by atoms with E-state index in [9.17, 15) is 24.3 Å². The quantitative estimate of drug-likeness (QED) is 0.326. The Balaban J connectivity index is 2.62. The van der Waals surface area contributed by atoms with Gasteiger partial charge < -0.3 is 10.2 Å². The first-order valence-electron chi connectivity index (χ1n) is 4.65. The first kappa shape index (κ1) is 13.3. The zero-order valence-corrected chi connectivity index (χ0v) is 8.84. The van der Waals surface area contributed by atoms with Gasteiger partial charge in [-0.05, 0) is 6.92 Å². The van der Waals surface area contributed by atoms with E-state index in [4.69, 9.17) is 5.11 Å². The highest BCUT2D eigenvalue weighted by Gasteiger charge is 2.53. The van der Waals surface area contributed by atoms with Gasteiger partial charge in [0.2, 0.25) is 5.60 Å². The van der Waals surface area contributed by atoms with Crippen molar-refractivity contribution in [1.29, 1.82) is 0 Å². The van der Waals surface area contributed by atoms with Gasteiger partial charge in [0.25, 0.3) is 0 Å². The van der Waals surface area contributed by atoms with Crippen LogP contribution >= 0.6 is 0 Å². The third-order valence-corrected chi connectivity index (χ3v) is 2.15. The Bertz CT molecular complexity index is 384. The van der Waals surface area contributed by atoms with Crippen molar-refractivity contribution in [2.24, 2.45) is 0 Å². The first-order valence-corrected chi connectivity index (χ1v) is 4.65. The zero-order chi connectivity index (χ0) is 13.2. The molecule has 0 spiro atoms. The molecule has 1 aliphatic rings. The molecule has 0 aromatic rings. The molecule has 2 unspecified atom stereocenters. The second-order valence-electron chi connectivity index (χ2n) is 3.62. The third kappa shape index (κ3) is 2.66. The average molecular weight is 246 g/mol. The number of rotatable bonds is 2. The Labute approximate surface area is 95.0 Å². The maximum Gasteiger partial charge on any atom is 0.394 e. The Morgan fingerprint density at radius 2 is 1.94 bits per heavy atom. The number of carbonyl (C=O) groups is 4. The molecule has 0 heterocycles. The van der Waals surface area contributed by atoms with Gasteiger partial charge in [0, 0.05) is 0 Å². The van der Waals surface area contributed by atoms with Crippen molar-refractivity contribution >= 4 is 23.5 Å². The van der Waals surface area contributed by atoms with E-state index in [-0.39, 0.29) is 0 Å². The summed E-state index contributed by atoms with van der Waals surface area (Å²) in [5, 5.41) is 18.3. The highest BCUT2D eigenvalue weighted by atomic mass is 17.2. The molecule has 8 nitrogen and oxygen atoms in total. The number of carbonyl (C=O) groups excluding carboxylic acids is 4. The van der Waals surface area contributed by atoms with Crippen LogP contribution in [0.25, 0.3) is 0 Å². The molecule has 17 heavy (non-hydrogen) atoms. The molecule has 0 aromatic heterocycles. The predicted molar refractivity (Wildman–Crippen MR) is 48.1 cm³/mol. The van der Waals surface area contributed by atoms with E-state index in [0.29, 0.717) is 0 Å². The largest absolute Gasteiger partial charge is 0.394 e. The van der Waals surface area contributed by atoms with Crippen molar-refractivity contribution in [3.8, 4) is 0 Å². The SMILES string of the molecule is CC(O)C(=O)OOC(=O)C1(O)CC(=O)CC1=O. The van der Waals surface area contributed by atoms with Crippen LogP contribution in [0, 0.1) is 0 Å². The van der Waals surface area contributed by atoms with Gasteiger partial charge in [-0.25, -0.2) is 19.4 Å². The van der Waals surface area contributed by atoms with Gasteiger partial charge in [0.15, 0.2) is 11.9 Å². The van der Waals surface area contributed by atoms with Crippen molar-refractivity contribution < 1.29 is 39.2 Å². The van der Waals surface area contributed by atoms with Gasteiger partial charge in [-0.15, -0.1) is 0 Å². The summed E-state index contributed by atoms with van der Waals surface area (Å²) in [6, 6.07) is 0. The van der Waals surface area contributed by atoms with Crippen molar-refractivity contribution in [1.82, 2.24) is 0 Å². The number of aliphatic hydroxyl groups excluding tert-OH is 1. The molecule has 2 atom stereocenters. The Kier molecular flexibility index (Phi) is 3.59. The lowest BCUT2D eigenvalue weighted by Crippen LogP contribution is -2.44. The molecule has 0 aliphatic heterocycles. The number of hydrogen-bond donors (Lipinski definition) is 2. The van der Waals surface area contributed by atoms with Crippen molar-refractivity contribution in [2.75, 3.05) is 0 Å². The summed E-state index contributed by atoms with van der Waals surface area (Å²) >= 11 is 0. The maximum absolute atomic E-state index is 11.2. The van der Waals surface area contributed by atoms with Crippen LogP contribution in [0.15, 0.2) is 0 Å². The van der Waals surface area contributed by atoms with E-state index in [1.54, 1.807) is 0 Å². The summed E-state index contributed by atoms with van der Waals surface area (Å²) in [7, 11) is 0. The molecule has 0 saturated heterocycles. The van der Waals surface area contributed by atoms with Gasteiger partial charge in [-0.2, -0.15) is 0 Å². The second-order valence-corrected chi connectivity index (χ2v) is 3.62. The van der Waals surface area contributed by atoms with E-state index >= 15 is 0 Å². The summed E-state index contributed by atoms with van der Waals surface area (Å²) in [4.78, 5) is 51.8. The van der Waals surface area contributed by atoms with Gasteiger partial charge >= 0.3 is 11.9 Å². The molecule has 8 heteroatoms. The average Bonchev–Trinajstić information content (AvgIpc) is 2.49. The minimum atomic E-state index is -2.60. The van der Waals surface area contributed by atoms with Crippen LogP contribution in [0.3, 0.4) is 0 Å². The molecule has 2 N–H and O–H groups in total. The zero-order valence-electron chi connectivity index (χ0n) is 8.84. The van der Waals surface area contributed by atoms with E-state index in [1.165, 1.54) is 0 Å². The lowest BCUT2D eigenvalue weighted by atomic mass is 10.0. The second kappa shape index (κ2) is 4.60. The smallest absolute Gasteiger partial charge is 0.382 e. The number of hydrogen-bond acceptors (Lipinski definition) is 8. The molecule has 0 radical (unpaired) electrons. The van der Waals surface area contributed by atoms with Gasteiger partial charge in [-0.3, -0.25) is 9.59 Å². The molecule has 1 aliphatic carbocycles. The summed E-state index contributed by atoms with van der Waals surface area (Å²) in [5.74, 6) is -4.45. The Morgan fingerprint density at radius 3 is 2.35 bits per heavy atom. The molecule has 94 valence electrons. The van der Waals surface area contributed by atoms with Crippen LogP contribution in [0.4, 0.5) is 0 Å². The monoisotopic (exact) mass is 246 g/mol. The third-order valence-electron chi connectivity index (χ3n) is 2.15. The number of aliphatic hydroxyl groups is 2. The fourth-order valence-corrected chi connectivity index (χ4v) is 1.18. The van der Waals surface area contributed by atoms with Crippen LogP contribution in [-0.4, -0.2) is 45.4 Å². The predicted octanol–water partition coefficient (Wildman–Crippen LogP) is -1.97. The molecular weight excluding hydrogens is 236 g/mol. The minimum Gasteiger partial charge on any atom is -0.382 e. The summed E-state index contributed by atoms with van der Waals surface area (Å²) in [5.41, 5.74) is -2.60. The van der Waals surface area contributed by atoms with Crippen molar-refractivity contribution in [3.05, 3.63) is 0 Å². The topological polar surface area (TPSA) is 127 Å². The lowest BCUT2D eigenvalue weighted by molar-refractivity contribution is -0.272. The van der Waals surface area contributed by atoms with Gasteiger partial charge in [0.05, 0.1) is 12.8 Å². The normalized spacial score (nSPS) is 25.6. The van der Waals surface area contributed by atoms with Crippen LogP contribution in [0.1, 0.15) is 19.8 Å². The standard InChI is InChI=1S/C9H10O8/c1-4(10)7(13)16-17-8(14)9(15)3-5(11)2-6(9)12/h4,10,15H,2-3H2,1H3. The van der Waals surface area contributed by atoms with Gasteiger partial charge in [-0.1, -0.05) is 0 Å². The fraction of sp³-hybridized carbons (Fsp3) is 0.556. The molecule has 0 bridgehead atoms. The minimum absolute atomic E-state index is 0.573. The van der Waals surface area contributed by atoms with Gasteiger partial charge in [0.1, 0.15) is 5.78 Å². The summed E-state index contributed by atoms with van der Waals surface area (Å²) in [6.45, 7) is 1.06. The van der Waals surface area contributed by atoms with E-state index in [1.807, 2.05) is 0 Å². The highest BCUT2D eigenvalue weighted by molar-refractivity contribution is 6.20. The van der Waals surface area contributed by atoms with Crippen LogP contribution in [0.5, 0.6) is 0 Å². The maximum atomic E-state index is 11.2. The van der Waals surface area contributed by atoms with Crippen LogP contribution in [-0.2, 0) is 29.0 Å².